The molecule has 0 spiro atoms. The molecule has 0 unspecified atom stereocenters. The van der Waals surface area contributed by atoms with E-state index in [4.69, 9.17) is 4.74 Å². The Hall–Kier alpha value is -0.380. The molecule has 0 bridgehead atoms. The second-order valence-corrected chi connectivity index (χ2v) is 4.67. The van der Waals surface area contributed by atoms with Crippen molar-refractivity contribution in [2.24, 2.45) is 0 Å². The highest BCUT2D eigenvalue weighted by Crippen LogP contribution is 2.26. The van der Waals surface area contributed by atoms with Crippen molar-refractivity contribution >= 4 is 11.3 Å². The fourth-order valence-electron chi connectivity index (χ4n) is 1.22. The fraction of sp³-hybridized carbons (Fsp3) is 0.600. The van der Waals surface area contributed by atoms with Crippen molar-refractivity contribution in [3.05, 3.63) is 22.4 Å². The zero-order valence-electron chi connectivity index (χ0n) is 8.46. The normalized spacial score (nSPS) is 11.9. The van der Waals surface area contributed by atoms with Crippen molar-refractivity contribution in [2.75, 3.05) is 20.4 Å². The van der Waals surface area contributed by atoms with E-state index in [0.717, 1.165) is 6.54 Å². The summed E-state index contributed by atoms with van der Waals surface area (Å²) in [5.74, 6) is 0. The van der Waals surface area contributed by atoms with Crippen molar-refractivity contribution in [1.29, 1.82) is 0 Å². The Bertz CT molecular complexity index is 231. The lowest BCUT2D eigenvalue weighted by Gasteiger charge is -2.23. The van der Waals surface area contributed by atoms with E-state index in [1.54, 1.807) is 7.11 Å². The summed E-state index contributed by atoms with van der Waals surface area (Å²) in [6.45, 7) is 6.04. The van der Waals surface area contributed by atoms with E-state index in [0.29, 0.717) is 6.73 Å². The van der Waals surface area contributed by atoms with Crippen LogP contribution in [0.5, 0.6) is 0 Å². The highest BCUT2D eigenvalue weighted by atomic mass is 32.1. The van der Waals surface area contributed by atoms with Gasteiger partial charge in [0, 0.05) is 23.9 Å². The van der Waals surface area contributed by atoms with Crippen LogP contribution in [0.3, 0.4) is 0 Å². The number of ether oxygens (including phenoxy) is 1. The first-order valence-electron chi connectivity index (χ1n) is 4.40. The van der Waals surface area contributed by atoms with Gasteiger partial charge in [0.2, 0.25) is 0 Å². The average molecular weight is 199 g/mol. The maximum Gasteiger partial charge on any atom is 0.0961 e. The Labute approximate surface area is 83.9 Å². The quantitative estimate of drug-likeness (QED) is 0.580. The highest BCUT2D eigenvalue weighted by Gasteiger charge is 2.20. The summed E-state index contributed by atoms with van der Waals surface area (Å²) in [5, 5.41) is 5.37. The first-order chi connectivity index (χ1) is 6.17. The second kappa shape index (κ2) is 4.74. The third kappa shape index (κ3) is 3.10. The molecule has 0 atom stereocenters. The smallest absolute Gasteiger partial charge is 0.0961 e. The number of hydrogen-bond acceptors (Lipinski definition) is 3. The van der Waals surface area contributed by atoms with E-state index in [2.05, 4.69) is 36.7 Å². The molecular weight excluding hydrogens is 182 g/mol. The van der Waals surface area contributed by atoms with Gasteiger partial charge >= 0.3 is 0 Å². The molecule has 0 aliphatic carbocycles. The van der Waals surface area contributed by atoms with Gasteiger partial charge in [-0.05, 0) is 11.4 Å². The molecule has 0 saturated heterocycles. The molecule has 0 amide bonds. The van der Waals surface area contributed by atoms with Gasteiger partial charge in [-0.1, -0.05) is 19.9 Å². The predicted molar refractivity (Wildman–Crippen MR) is 57.2 cm³/mol. The molecular formula is C10H17NOS. The summed E-state index contributed by atoms with van der Waals surface area (Å²) >= 11 is 1.81. The van der Waals surface area contributed by atoms with E-state index in [-0.39, 0.29) is 5.41 Å². The maximum absolute atomic E-state index is 4.95. The lowest BCUT2D eigenvalue weighted by Crippen LogP contribution is -2.33. The van der Waals surface area contributed by atoms with Crippen LogP contribution >= 0.6 is 11.3 Å². The van der Waals surface area contributed by atoms with E-state index in [9.17, 15) is 0 Å². The van der Waals surface area contributed by atoms with E-state index >= 15 is 0 Å². The Morgan fingerprint density at radius 2 is 2.31 bits per heavy atom. The van der Waals surface area contributed by atoms with Crippen LogP contribution in [0.15, 0.2) is 17.5 Å². The molecule has 0 fully saturated rings. The molecule has 1 rings (SSSR count). The molecule has 1 N–H and O–H groups in total. The summed E-state index contributed by atoms with van der Waals surface area (Å²) in [5.41, 5.74) is 0.201. The van der Waals surface area contributed by atoms with Crippen LogP contribution in [0.1, 0.15) is 18.7 Å². The van der Waals surface area contributed by atoms with E-state index < -0.39 is 0 Å². The van der Waals surface area contributed by atoms with Gasteiger partial charge in [-0.15, -0.1) is 11.3 Å². The molecule has 13 heavy (non-hydrogen) atoms. The Morgan fingerprint density at radius 3 is 2.85 bits per heavy atom. The number of hydrogen-bond donors (Lipinski definition) is 1. The Morgan fingerprint density at radius 1 is 1.54 bits per heavy atom. The zero-order valence-corrected chi connectivity index (χ0v) is 9.28. The van der Waals surface area contributed by atoms with Gasteiger partial charge in [-0.3, -0.25) is 5.32 Å². The summed E-state index contributed by atoms with van der Waals surface area (Å²) in [6.07, 6.45) is 0. The van der Waals surface area contributed by atoms with Gasteiger partial charge in [-0.2, -0.15) is 0 Å². The minimum atomic E-state index is 0.201. The van der Waals surface area contributed by atoms with Gasteiger partial charge < -0.3 is 4.74 Å². The number of rotatable bonds is 5. The third-order valence-electron chi connectivity index (χ3n) is 2.00. The summed E-state index contributed by atoms with van der Waals surface area (Å²) < 4.78 is 4.95. The lowest BCUT2D eigenvalue weighted by atomic mass is 9.92. The molecule has 0 aliphatic heterocycles. The monoisotopic (exact) mass is 199 g/mol. The maximum atomic E-state index is 4.95. The van der Waals surface area contributed by atoms with Crippen molar-refractivity contribution in [3.63, 3.8) is 0 Å². The van der Waals surface area contributed by atoms with E-state index in [1.165, 1.54) is 4.88 Å². The largest absolute Gasteiger partial charge is 0.370 e. The molecule has 0 aromatic carbocycles. The van der Waals surface area contributed by atoms with Gasteiger partial charge in [0.05, 0.1) is 6.73 Å². The summed E-state index contributed by atoms with van der Waals surface area (Å²) in [7, 11) is 1.70. The summed E-state index contributed by atoms with van der Waals surface area (Å²) in [4.78, 5) is 1.41. The minimum absolute atomic E-state index is 0.201. The van der Waals surface area contributed by atoms with Crippen LogP contribution < -0.4 is 5.32 Å². The van der Waals surface area contributed by atoms with Gasteiger partial charge in [0.15, 0.2) is 0 Å². The van der Waals surface area contributed by atoms with Crippen LogP contribution in [0.2, 0.25) is 0 Å². The fourth-order valence-corrected chi connectivity index (χ4v) is 2.07. The average Bonchev–Trinajstić information content (AvgIpc) is 2.56. The topological polar surface area (TPSA) is 21.3 Å². The first kappa shape index (κ1) is 10.7. The second-order valence-electron chi connectivity index (χ2n) is 3.72. The first-order valence-corrected chi connectivity index (χ1v) is 5.28. The van der Waals surface area contributed by atoms with Crippen LogP contribution in [0.25, 0.3) is 0 Å². The lowest BCUT2D eigenvalue weighted by molar-refractivity contribution is 0.169. The molecule has 3 heteroatoms. The molecule has 0 aliphatic rings. The zero-order chi connectivity index (χ0) is 9.73. The molecule has 74 valence electrons. The molecule has 0 saturated carbocycles. The third-order valence-corrected chi connectivity index (χ3v) is 3.24. The Kier molecular flexibility index (Phi) is 3.90. The molecule has 1 aromatic heterocycles. The minimum Gasteiger partial charge on any atom is -0.370 e. The van der Waals surface area contributed by atoms with Crippen LogP contribution in [-0.2, 0) is 10.2 Å². The van der Waals surface area contributed by atoms with Crippen LogP contribution in [0, 0.1) is 0 Å². The van der Waals surface area contributed by atoms with Crippen molar-refractivity contribution < 1.29 is 4.74 Å². The standard InChI is InChI=1S/C10H17NOS/c1-10(2,7-11-8-12-3)9-5-4-6-13-9/h4-6,11H,7-8H2,1-3H3. The van der Waals surface area contributed by atoms with Crippen LogP contribution in [0.4, 0.5) is 0 Å². The molecule has 1 aromatic rings. The highest BCUT2D eigenvalue weighted by molar-refractivity contribution is 7.10. The number of thiophene rings is 1. The molecule has 1 heterocycles. The van der Waals surface area contributed by atoms with Gasteiger partial charge in [0.1, 0.15) is 0 Å². The van der Waals surface area contributed by atoms with Gasteiger partial charge in [-0.25, -0.2) is 0 Å². The molecule has 2 nitrogen and oxygen atoms in total. The van der Waals surface area contributed by atoms with E-state index in [1.807, 2.05) is 11.3 Å². The summed E-state index contributed by atoms with van der Waals surface area (Å²) in [6, 6.07) is 4.28. The Balaban J connectivity index is 2.46. The SMILES string of the molecule is COCNCC(C)(C)c1cccs1. The number of nitrogens with one attached hydrogen (secondary N) is 1. The van der Waals surface area contributed by atoms with Crippen molar-refractivity contribution in [2.45, 2.75) is 19.3 Å². The van der Waals surface area contributed by atoms with Crippen LogP contribution in [-0.4, -0.2) is 20.4 Å². The predicted octanol–water partition coefficient (Wildman–Crippen LogP) is 2.22. The number of methoxy groups -OCH3 is 1. The van der Waals surface area contributed by atoms with Crippen molar-refractivity contribution in [1.82, 2.24) is 5.32 Å². The van der Waals surface area contributed by atoms with Gasteiger partial charge in [0.25, 0.3) is 0 Å². The van der Waals surface area contributed by atoms with Crippen molar-refractivity contribution in [3.8, 4) is 0 Å². The molecule has 0 radical (unpaired) electrons.